The maximum absolute atomic E-state index is 6.37. The Balaban J connectivity index is 1.21. The number of benzene rings is 1. The number of likely N-dealkylation sites (tertiary alicyclic amines) is 1. The Hall–Kier alpha value is -1.92. The number of piperidine rings is 1. The summed E-state index contributed by atoms with van der Waals surface area (Å²) in [5.41, 5.74) is 2.38. The lowest BCUT2D eigenvalue weighted by atomic mass is 9.89. The van der Waals surface area contributed by atoms with Gasteiger partial charge in [-0.3, -0.25) is 4.90 Å². The molecule has 5 rings (SSSR count). The molecule has 1 aliphatic carbocycles. The summed E-state index contributed by atoms with van der Waals surface area (Å²) in [4.78, 5) is 6.89. The van der Waals surface area contributed by atoms with E-state index in [1.807, 2.05) is 6.92 Å². The zero-order valence-corrected chi connectivity index (χ0v) is 15.9. The molecule has 2 aliphatic heterocycles. The fraction of sp³-hybridized carbons (Fsp3) is 0.619. The first-order valence-corrected chi connectivity index (χ1v) is 10.2. The fourth-order valence-corrected chi connectivity index (χ4v) is 4.36. The molecular formula is C21H27N3O3. The summed E-state index contributed by atoms with van der Waals surface area (Å²) in [6.07, 6.45) is 7.66. The van der Waals surface area contributed by atoms with E-state index >= 15 is 0 Å². The minimum Gasteiger partial charge on any atom is -0.462 e. The molecule has 6 nitrogen and oxygen atoms in total. The van der Waals surface area contributed by atoms with E-state index in [2.05, 4.69) is 33.2 Å². The summed E-state index contributed by atoms with van der Waals surface area (Å²) in [7, 11) is 0. The standard InChI is InChI=1S/C21H27N3O3/c1-15-22-20(27-23-15)8-6-16-5-7-19-17(13-16)14-25-21(26-19)9-11-24(12-10-21)18-3-2-4-18/h5,7,13,18H,2-4,6,8-12,14H2,1H3. The molecule has 27 heavy (non-hydrogen) atoms. The lowest BCUT2D eigenvalue weighted by Gasteiger charge is -2.47. The Morgan fingerprint density at radius 3 is 2.74 bits per heavy atom. The number of fused-ring (bicyclic) bond motifs is 1. The largest absolute Gasteiger partial charge is 0.462 e. The van der Waals surface area contributed by atoms with Crippen molar-refractivity contribution in [1.29, 1.82) is 0 Å². The van der Waals surface area contributed by atoms with Crippen molar-refractivity contribution in [2.75, 3.05) is 13.1 Å². The molecule has 2 aromatic rings. The van der Waals surface area contributed by atoms with Crippen LogP contribution in [0.2, 0.25) is 0 Å². The third-order valence-corrected chi connectivity index (χ3v) is 6.26. The zero-order chi connectivity index (χ0) is 18.3. The predicted molar refractivity (Wildman–Crippen MR) is 99.5 cm³/mol. The second-order valence-electron chi connectivity index (χ2n) is 8.10. The van der Waals surface area contributed by atoms with Crippen molar-refractivity contribution in [1.82, 2.24) is 15.0 Å². The lowest BCUT2D eigenvalue weighted by Crippen LogP contribution is -2.54. The van der Waals surface area contributed by atoms with Crippen molar-refractivity contribution in [3.63, 3.8) is 0 Å². The smallest absolute Gasteiger partial charge is 0.226 e. The van der Waals surface area contributed by atoms with Crippen LogP contribution in [0.25, 0.3) is 0 Å². The van der Waals surface area contributed by atoms with Crippen LogP contribution in [0.5, 0.6) is 5.75 Å². The molecule has 3 heterocycles. The average Bonchev–Trinajstić information content (AvgIpc) is 3.06. The van der Waals surface area contributed by atoms with Gasteiger partial charge in [0.25, 0.3) is 0 Å². The summed E-state index contributed by atoms with van der Waals surface area (Å²) in [6.45, 7) is 4.64. The molecule has 0 amide bonds. The van der Waals surface area contributed by atoms with Gasteiger partial charge in [-0.1, -0.05) is 17.6 Å². The quantitative estimate of drug-likeness (QED) is 0.823. The summed E-state index contributed by atoms with van der Waals surface area (Å²) in [6, 6.07) is 7.25. The van der Waals surface area contributed by atoms with Crippen LogP contribution in [0.1, 0.15) is 54.9 Å². The van der Waals surface area contributed by atoms with Gasteiger partial charge in [-0.25, -0.2) is 0 Å². The highest BCUT2D eigenvalue weighted by Crippen LogP contribution is 2.39. The van der Waals surface area contributed by atoms with Crippen molar-refractivity contribution >= 4 is 0 Å². The van der Waals surface area contributed by atoms with Crippen LogP contribution in [0.15, 0.2) is 22.7 Å². The number of rotatable bonds is 4. The molecule has 0 unspecified atom stereocenters. The van der Waals surface area contributed by atoms with Crippen LogP contribution in [-0.4, -0.2) is 40.0 Å². The molecule has 0 bridgehead atoms. The van der Waals surface area contributed by atoms with Crippen molar-refractivity contribution in [2.24, 2.45) is 0 Å². The molecule has 0 atom stereocenters. The van der Waals surface area contributed by atoms with Crippen LogP contribution >= 0.6 is 0 Å². The highest BCUT2D eigenvalue weighted by molar-refractivity contribution is 5.38. The molecule has 1 aromatic carbocycles. The number of ether oxygens (including phenoxy) is 2. The molecule has 1 saturated carbocycles. The summed E-state index contributed by atoms with van der Waals surface area (Å²) >= 11 is 0. The number of hydrogen-bond donors (Lipinski definition) is 0. The molecule has 1 saturated heterocycles. The van der Waals surface area contributed by atoms with E-state index in [-0.39, 0.29) is 0 Å². The van der Waals surface area contributed by atoms with Gasteiger partial charge < -0.3 is 14.0 Å². The van der Waals surface area contributed by atoms with Crippen molar-refractivity contribution in [2.45, 2.75) is 70.3 Å². The number of nitrogens with zero attached hydrogens (tertiary/aromatic N) is 3. The SMILES string of the molecule is Cc1noc(CCc2ccc3c(c2)COC2(CCN(C4CCC4)CC2)O3)n1. The van der Waals surface area contributed by atoms with E-state index in [1.54, 1.807) is 0 Å². The summed E-state index contributed by atoms with van der Waals surface area (Å²) < 4.78 is 17.8. The van der Waals surface area contributed by atoms with Gasteiger partial charge in [-0.15, -0.1) is 0 Å². The second kappa shape index (κ2) is 6.91. The summed E-state index contributed by atoms with van der Waals surface area (Å²) in [5.74, 6) is 1.94. The van der Waals surface area contributed by atoms with Crippen LogP contribution in [0.4, 0.5) is 0 Å². The molecule has 144 valence electrons. The number of hydrogen-bond acceptors (Lipinski definition) is 6. The predicted octanol–water partition coefficient (Wildman–Crippen LogP) is 3.42. The first-order valence-electron chi connectivity index (χ1n) is 10.2. The van der Waals surface area contributed by atoms with Crippen LogP contribution in [0, 0.1) is 6.92 Å². The molecule has 1 spiro atoms. The van der Waals surface area contributed by atoms with Gasteiger partial charge in [0.2, 0.25) is 11.7 Å². The highest BCUT2D eigenvalue weighted by Gasteiger charge is 2.42. The first-order chi connectivity index (χ1) is 13.2. The Labute approximate surface area is 159 Å². The molecule has 0 N–H and O–H groups in total. The van der Waals surface area contributed by atoms with E-state index in [0.717, 1.165) is 56.1 Å². The minimum absolute atomic E-state index is 0.421. The number of aryl methyl sites for hydroxylation is 3. The third-order valence-electron chi connectivity index (χ3n) is 6.26. The van der Waals surface area contributed by atoms with Gasteiger partial charge >= 0.3 is 0 Å². The van der Waals surface area contributed by atoms with Crippen LogP contribution < -0.4 is 4.74 Å². The van der Waals surface area contributed by atoms with E-state index in [0.29, 0.717) is 18.3 Å². The van der Waals surface area contributed by atoms with Crippen LogP contribution in [0.3, 0.4) is 0 Å². The summed E-state index contributed by atoms with van der Waals surface area (Å²) in [5, 5.41) is 3.84. The minimum atomic E-state index is -0.421. The molecule has 3 aliphatic rings. The van der Waals surface area contributed by atoms with Crippen LogP contribution in [-0.2, 0) is 24.2 Å². The molecular weight excluding hydrogens is 342 g/mol. The van der Waals surface area contributed by atoms with Gasteiger partial charge in [0.1, 0.15) is 5.75 Å². The third kappa shape index (κ3) is 3.48. The number of aromatic nitrogens is 2. The maximum Gasteiger partial charge on any atom is 0.226 e. The lowest BCUT2D eigenvalue weighted by molar-refractivity contribution is -0.231. The maximum atomic E-state index is 6.37. The van der Waals surface area contributed by atoms with Crippen molar-refractivity contribution in [3.8, 4) is 5.75 Å². The van der Waals surface area contributed by atoms with Gasteiger partial charge in [0.05, 0.1) is 6.61 Å². The van der Waals surface area contributed by atoms with Gasteiger partial charge in [-0.2, -0.15) is 4.98 Å². The first kappa shape index (κ1) is 17.2. The van der Waals surface area contributed by atoms with E-state index in [9.17, 15) is 0 Å². The molecule has 2 fully saturated rings. The average molecular weight is 369 g/mol. The van der Waals surface area contributed by atoms with Gasteiger partial charge in [0.15, 0.2) is 5.82 Å². The Morgan fingerprint density at radius 1 is 1.19 bits per heavy atom. The topological polar surface area (TPSA) is 60.6 Å². The van der Waals surface area contributed by atoms with E-state index < -0.39 is 5.79 Å². The van der Waals surface area contributed by atoms with Crippen molar-refractivity contribution in [3.05, 3.63) is 41.0 Å². The monoisotopic (exact) mass is 369 g/mol. The van der Waals surface area contributed by atoms with Gasteiger partial charge in [0, 0.05) is 44.0 Å². The Bertz CT molecular complexity index is 807. The normalized spacial score (nSPS) is 22.3. The Morgan fingerprint density at radius 2 is 2.04 bits per heavy atom. The fourth-order valence-electron chi connectivity index (χ4n) is 4.36. The van der Waals surface area contributed by atoms with Gasteiger partial charge in [-0.05, 0) is 43.9 Å². The highest BCUT2D eigenvalue weighted by atomic mass is 16.7. The molecule has 6 heteroatoms. The van der Waals surface area contributed by atoms with E-state index in [1.165, 1.54) is 24.8 Å². The van der Waals surface area contributed by atoms with E-state index in [4.69, 9.17) is 14.0 Å². The second-order valence-corrected chi connectivity index (χ2v) is 8.10. The van der Waals surface area contributed by atoms with Crippen molar-refractivity contribution < 1.29 is 14.0 Å². The molecule has 0 radical (unpaired) electrons. The molecule has 1 aromatic heterocycles. The Kier molecular flexibility index (Phi) is 4.40. The zero-order valence-electron chi connectivity index (χ0n) is 15.9.